The van der Waals surface area contributed by atoms with Crippen molar-refractivity contribution in [2.24, 2.45) is 0 Å². The fourth-order valence-electron chi connectivity index (χ4n) is 1.52. The number of carbonyl (C=O) groups is 1. The Morgan fingerprint density at radius 2 is 2.10 bits per heavy atom. The predicted octanol–water partition coefficient (Wildman–Crippen LogP) is 3.94. The molecule has 0 radical (unpaired) electrons. The Kier molecular flexibility index (Phi) is 5.50. The topological polar surface area (TPSA) is 39.4 Å². The highest BCUT2D eigenvalue weighted by Crippen LogP contribution is 2.17. The second-order valence-electron chi connectivity index (χ2n) is 4.18. The highest BCUT2D eigenvalue weighted by atomic mass is 32.2. The van der Waals surface area contributed by atoms with E-state index < -0.39 is 0 Å². The largest absolute Gasteiger partial charge is 0.465 e. The van der Waals surface area contributed by atoms with Crippen LogP contribution in [0, 0.1) is 6.92 Å². The van der Waals surface area contributed by atoms with Gasteiger partial charge < -0.3 is 9.15 Å². The fraction of sp³-hybridized carbons (Fsp3) is 0.188. The maximum absolute atomic E-state index is 11.4. The van der Waals surface area contributed by atoms with Gasteiger partial charge in [-0.15, -0.1) is 11.8 Å². The number of furan rings is 1. The van der Waals surface area contributed by atoms with Crippen molar-refractivity contribution in [2.75, 3.05) is 12.4 Å². The van der Waals surface area contributed by atoms with Crippen LogP contribution < -0.4 is 0 Å². The third-order valence-electron chi connectivity index (χ3n) is 2.54. The van der Waals surface area contributed by atoms with Crippen LogP contribution in [0.2, 0.25) is 0 Å². The van der Waals surface area contributed by atoms with Crippen molar-refractivity contribution < 1.29 is 13.9 Å². The Morgan fingerprint density at radius 3 is 2.80 bits per heavy atom. The molecule has 0 aliphatic rings. The summed E-state index contributed by atoms with van der Waals surface area (Å²) in [7, 11) is 0. The van der Waals surface area contributed by atoms with Crippen molar-refractivity contribution >= 4 is 23.8 Å². The zero-order valence-electron chi connectivity index (χ0n) is 11.2. The number of hydrogen-bond donors (Lipinski definition) is 0. The van der Waals surface area contributed by atoms with Crippen LogP contribution in [0.15, 0.2) is 58.1 Å². The summed E-state index contributed by atoms with van der Waals surface area (Å²) in [5.41, 5.74) is 1.24. The number of hydrogen-bond acceptors (Lipinski definition) is 4. The molecule has 0 spiro atoms. The number of aryl methyl sites for hydroxylation is 1. The number of benzene rings is 1. The SMILES string of the molecule is Cc1ccc(SCCOC(=O)/C=C/c2ccco2)cc1. The maximum Gasteiger partial charge on any atom is 0.330 e. The van der Waals surface area contributed by atoms with E-state index in [1.807, 2.05) is 0 Å². The molecule has 2 aromatic rings. The van der Waals surface area contributed by atoms with Gasteiger partial charge in [0.25, 0.3) is 0 Å². The molecule has 0 fully saturated rings. The summed E-state index contributed by atoms with van der Waals surface area (Å²) >= 11 is 1.67. The molecule has 1 heterocycles. The standard InChI is InChI=1S/C16H16O3S/c1-13-4-7-15(8-5-13)20-12-11-19-16(17)9-6-14-3-2-10-18-14/h2-10H,11-12H2,1H3/b9-6+. The third kappa shape index (κ3) is 4.97. The number of ether oxygens (including phenoxy) is 1. The van der Waals surface area contributed by atoms with E-state index >= 15 is 0 Å². The Bertz CT molecular complexity index is 556. The van der Waals surface area contributed by atoms with Crippen LogP contribution in [0.25, 0.3) is 6.08 Å². The zero-order chi connectivity index (χ0) is 14.2. The van der Waals surface area contributed by atoms with Gasteiger partial charge in [-0.25, -0.2) is 4.79 Å². The smallest absolute Gasteiger partial charge is 0.330 e. The van der Waals surface area contributed by atoms with E-state index in [9.17, 15) is 4.79 Å². The molecular weight excluding hydrogens is 272 g/mol. The van der Waals surface area contributed by atoms with Crippen molar-refractivity contribution in [3.8, 4) is 0 Å². The van der Waals surface area contributed by atoms with Crippen LogP contribution >= 0.6 is 11.8 Å². The van der Waals surface area contributed by atoms with Gasteiger partial charge in [0.05, 0.1) is 6.26 Å². The lowest BCUT2D eigenvalue weighted by molar-refractivity contribution is -0.137. The second kappa shape index (κ2) is 7.60. The molecule has 0 aliphatic heterocycles. The average molecular weight is 288 g/mol. The summed E-state index contributed by atoms with van der Waals surface area (Å²) in [6.07, 6.45) is 4.52. The summed E-state index contributed by atoms with van der Waals surface area (Å²) in [6.45, 7) is 2.45. The van der Waals surface area contributed by atoms with E-state index in [2.05, 4.69) is 31.2 Å². The minimum absolute atomic E-state index is 0.356. The van der Waals surface area contributed by atoms with E-state index in [0.717, 1.165) is 5.75 Å². The monoisotopic (exact) mass is 288 g/mol. The first-order valence-electron chi connectivity index (χ1n) is 6.32. The van der Waals surface area contributed by atoms with E-state index in [1.54, 1.807) is 36.2 Å². The van der Waals surface area contributed by atoms with Crippen LogP contribution in [0.5, 0.6) is 0 Å². The fourth-order valence-corrected chi connectivity index (χ4v) is 2.25. The Balaban J connectivity index is 1.65. The molecule has 0 bridgehead atoms. The average Bonchev–Trinajstić information content (AvgIpc) is 2.96. The molecular formula is C16H16O3S. The quantitative estimate of drug-likeness (QED) is 0.349. The lowest BCUT2D eigenvalue weighted by atomic mass is 10.2. The van der Waals surface area contributed by atoms with Gasteiger partial charge in [0, 0.05) is 16.7 Å². The lowest BCUT2D eigenvalue weighted by Crippen LogP contribution is -2.03. The van der Waals surface area contributed by atoms with Gasteiger partial charge in [-0.3, -0.25) is 0 Å². The third-order valence-corrected chi connectivity index (χ3v) is 3.52. The van der Waals surface area contributed by atoms with Crippen molar-refractivity contribution in [1.82, 2.24) is 0 Å². The van der Waals surface area contributed by atoms with Gasteiger partial charge in [0.1, 0.15) is 12.4 Å². The molecule has 0 atom stereocenters. The first-order valence-corrected chi connectivity index (χ1v) is 7.30. The molecule has 0 amide bonds. The highest BCUT2D eigenvalue weighted by molar-refractivity contribution is 7.99. The van der Waals surface area contributed by atoms with Gasteiger partial charge in [0.15, 0.2) is 0 Å². The normalized spacial score (nSPS) is 10.8. The van der Waals surface area contributed by atoms with Crippen molar-refractivity contribution in [2.45, 2.75) is 11.8 Å². The summed E-state index contributed by atoms with van der Waals surface area (Å²) in [4.78, 5) is 12.6. The molecule has 0 saturated carbocycles. The van der Waals surface area contributed by atoms with Gasteiger partial charge in [0.2, 0.25) is 0 Å². The molecule has 2 rings (SSSR count). The summed E-state index contributed by atoms with van der Waals surface area (Å²) in [6, 6.07) is 11.8. The van der Waals surface area contributed by atoms with Crippen molar-refractivity contribution in [3.63, 3.8) is 0 Å². The molecule has 1 aromatic heterocycles. The summed E-state index contributed by atoms with van der Waals surface area (Å²) in [5.74, 6) is 1.02. The second-order valence-corrected chi connectivity index (χ2v) is 5.35. The molecule has 0 unspecified atom stereocenters. The van der Waals surface area contributed by atoms with E-state index in [1.165, 1.54) is 16.5 Å². The zero-order valence-corrected chi connectivity index (χ0v) is 12.1. The van der Waals surface area contributed by atoms with Crippen molar-refractivity contribution in [3.05, 3.63) is 60.1 Å². The number of carbonyl (C=O) groups excluding carboxylic acids is 1. The summed E-state index contributed by atoms with van der Waals surface area (Å²) in [5, 5.41) is 0. The number of esters is 1. The van der Waals surface area contributed by atoms with Crippen LogP contribution in [-0.4, -0.2) is 18.3 Å². The van der Waals surface area contributed by atoms with Crippen LogP contribution in [0.1, 0.15) is 11.3 Å². The molecule has 0 saturated heterocycles. The van der Waals surface area contributed by atoms with Crippen LogP contribution in [-0.2, 0) is 9.53 Å². The Morgan fingerprint density at radius 1 is 1.30 bits per heavy atom. The summed E-state index contributed by atoms with van der Waals surface area (Å²) < 4.78 is 10.2. The molecule has 4 heteroatoms. The molecule has 1 aromatic carbocycles. The predicted molar refractivity (Wildman–Crippen MR) is 80.6 cm³/mol. The Hall–Kier alpha value is -1.94. The van der Waals surface area contributed by atoms with Crippen molar-refractivity contribution in [1.29, 1.82) is 0 Å². The number of rotatable bonds is 6. The molecule has 104 valence electrons. The maximum atomic E-state index is 11.4. The highest BCUT2D eigenvalue weighted by Gasteiger charge is 1.99. The first-order chi connectivity index (χ1) is 9.74. The van der Waals surface area contributed by atoms with Gasteiger partial charge >= 0.3 is 5.97 Å². The van der Waals surface area contributed by atoms with Gasteiger partial charge in [-0.05, 0) is 37.3 Å². The molecule has 0 aliphatic carbocycles. The molecule has 3 nitrogen and oxygen atoms in total. The van der Waals surface area contributed by atoms with Crippen LogP contribution in [0.3, 0.4) is 0 Å². The lowest BCUT2D eigenvalue weighted by Gasteiger charge is -2.03. The molecule has 20 heavy (non-hydrogen) atoms. The van der Waals surface area contributed by atoms with Gasteiger partial charge in [-0.2, -0.15) is 0 Å². The molecule has 0 N–H and O–H groups in total. The minimum Gasteiger partial charge on any atom is -0.465 e. The van der Waals surface area contributed by atoms with E-state index in [4.69, 9.17) is 9.15 Å². The van der Waals surface area contributed by atoms with Crippen LogP contribution in [0.4, 0.5) is 0 Å². The minimum atomic E-state index is -0.356. The first kappa shape index (κ1) is 14.5. The van der Waals surface area contributed by atoms with E-state index in [-0.39, 0.29) is 5.97 Å². The van der Waals surface area contributed by atoms with Gasteiger partial charge in [-0.1, -0.05) is 17.7 Å². The van der Waals surface area contributed by atoms with E-state index in [0.29, 0.717) is 12.4 Å². The Labute approximate surface area is 122 Å². The number of thioether (sulfide) groups is 1.